The van der Waals surface area contributed by atoms with Crippen LogP contribution in [0.25, 0.3) is 0 Å². The Hall–Kier alpha value is -3.54. The molecule has 0 bridgehead atoms. The Labute approximate surface area is 242 Å². The quantitative estimate of drug-likeness (QED) is 0.147. The van der Waals surface area contributed by atoms with Gasteiger partial charge in [0.25, 0.3) is 0 Å². The van der Waals surface area contributed by atoms with E-state index < -0.39 is 30.0 Å². The van der Waals surface area contributed by atoms with E-state index in [-0.39, 0.29) is 50.3 Å². The van der Waals surface area contributed by atoms with Crippen molar-refractivity contribution in [2.24, 2.45) is 17.6 Å². The molecule has 12 heteroatoms. The number of methoxy groups -OCH3 is 1. The number of esters is 1. The van der Waals surface area contributed by atoms with E-state index in [0.717, 1.165) is 0 Å². The van der Waals surface area contributed by atoms with E-state index in [2.05, 4.69) is 0 Å². The van der Waals surface area contributed by atoms with Crippen LogP contribution in [-0.2, 0) is 34.9 Å². The lowest BCUT2D eigenvalue weighted by atomic mass is 9.88. The highest BCUT2D eigenvalue weighted by atomic mass is 16.7. The van der Waals surface area contributed by atoms with Crippen LogP contribution >= 0.6 is 0 Å². The molecule has 0 fully saturated rings. The summed E-state index contributed by atoms with van der Waals surface area (Å²) in [6.07, 6.45) is -1.48. The highest BCUT2D eigenvalue weighted by molar-refractivity contribution is 5.81. The van der Waals surface area contributed by atoms with Crippen molar-refractivity contribution >= 4 is 24.4 Å². The van der Waals surface area contributed by atoms with Gasteiger partial charge in [-0.3, -0.25) is 4.79 Å². The Morgan fingerprint density at radius 1 is 0.805 bits per heavy atom. The van der Waals surface area contributed by atoms with Crippen molar-refractivity contribution in [2.45, 2.75) is 85.3 Å². The predicted molar refractivity (Wildman–Crippen MR) is 149 cm³/mol. The highest BCUT2D eigenvalue weighted by Gasteiger charge is 2.36. The van der Waals surface area contributed by atoms with E-state index in [1.54, 1.807) is 6.92 Å². The van der Waals surface area contributed by atoms with Gasteiger partial charge in [0.15, 0.2) is 11.5 Å². The van der Waals surface area contributed by atoms with Gasteiger partial charge < -0.3 is 38.9 Å². The van der Waals surface area contributed by atoms with Gasteiger partial charge in [-0.1, -0.05) is 40.7 Å². The van der Waals surface area contributed by atoms with Gasteiger partial charge in [-0.05, 0) is 55.7 Å². The third kappa shape index (κ3) is 14.1. The van der Waals surface area contributed by atoms with Crippen LogP contribution in [0.5, 0.6) is 11.5 Å². The second-order valence-electron chi connectivity index (χ2n) is 10.6. The fourth-order valence-electron chi connectivity index (χ4n) is 3.25. The molecule has 2 N–H and O–H groups in total. The standard InChI is InChI=1S/C29H45NO11/c1-8-21(6)39-26(32)38-16-13-29(30,25(31)35-7)18-22-9-10-23(40-27(33)36-14-11-19(2)3)24(17-22)41-28(34)37-15-12-20(4)5/h9-10,17,19-21H,8,11-16,18,30H2,1-7H3/t21-,29+/m0/s1. The summed E-state index contributed by atoms with van der Waals surface area (Å²) in [7, 11) is 1.19. The molecular formula is C29H45NO11. The van der Waals surface area contributed by atoms with Crippen LogP contribution in [0.1, 0.15) is 72.8 Å². The Bertz CT molecular complexity index is 995. The van der Waals surface area contributed by atoms with Crippen LogP contribution in [0.15, 0.2) is 18.2 Å². The summed E-state index contributed by atoms with van der Waals surface area (Å²) in [6, 6.07) is 4.31. The number of benzene rings is 1. The predicted octanol–water partition coefficient (Wildman–Crippen LogP) is 5.56. The van der Waals surface area contributed by atoms with Crippen molar-refractivity contribution in [2.75, 3.05) is 26.9 Å². The Morgan fingerprint density at radius 2 is 1.34 bits per heavy atom. The monoisotopic (exact) mass is 583 g/mol. The number of ether oxygens (including phenoxy) is 7. The lowest BCUT2D eigenvalue weighted by molar-refractivity contribution is -0.147. The Balaban J connectivity index is 3.10. The number of hydrogen-bond donors (Lipinski definition) is 1. The van der Waals surface area contributed by atoms with Gasteiger partial charge >= 0.3 is 24.4 Å². The van der Waals surface area contributed by atoms with Crippen molar-refractivity contribution in [1.29, 1.82) is 0 Å². The molecule has 1 rings (SSSR count). The average Bonchev–Trinajstić information content (AvgIpc) is 2.89. The van der Waals surface area contributed by atoms with Gasteiger partial charge in [0.1, 0.15) is 11.6 Å². The van der Waals surface area contributed by atoms with Crippen molar-refractivity contribution in [3.63, 3.8) is 0 Å². The van der Waals surface area contributed by atoms with Crippen molar-refractivity contribution in [1.82, 2.24) is 0 Å². The summed E-state index contributed by atoms with van der Waals surface area (Å²) < 4.78 is 35.9. The number of carbonyl (C=O) groups is 4. The number of nitrogens with two attached hydrogens (primary N) is 1. The smallest absolute Gasteiger partial charge is 0.468 e. The van der Waals surface area contributed by atoms with Crippen molar-refractivity contribution in [3.8, 4) is 11.5 Å². The summed E-state index contributed by atoms with van der Waals surface area (Å²) >= 11 is 0. The van der Waals surface area contributed by atoms with Gasteiger partial charge in [0.2, 0.25) is 0 Å². The topological polar surface area (TPSA) is 159 Å². The van der Waals surface area contributed by atoms with Crippen LogP contribution < -0.4 is 15.2 Å². The summed E-state index contributed by atoms with van der Waals surface area (Å²) in [5, 5.41) is 0. The maximum atomic E-state index is 12.6. The van der Waals surface area contributed by atoms with Crippen LogP contribution in [0, 0.1) is 11.8 Å². The molecule has 0 radical (unpaired) electrons. The number of carbonyl (C=O) groups excluding carboxylic acids is 4. The molecule has 12 nitrogen and oxygen atoms in total. The summed E-state index contributed by atoms with van der Waals surface area (Å²) in [5.74, 6) is -0.355. The summed E-state index contributed by atoms with van der Waals surface area (Å²) in [6.45, 7) is 11.6. The molecule has 2 atom stereocenters. The van der Waals surface area contributed by atoms with Crippen molar-refractivity contribution < 1.29 is 52.3 Å². The molecule has 1 aromatic carbocycles. The molecule has 0 saturated heterocycles. The van der Waals surface area contributed by atoms with E-state index in [1.165, 1.54) is 25.3 Å². The third-order valence-electron chi connectivity index (χ3n) is 5.98. The molecule has 0 heterocycles. The van der Waals surface area contributed by atoms with Gasteiger partial charge in [0, 0.05) is 12.8 Å². The first-order valence-electron chi connectivity index (χ1n) is 13.8. The van der Waals surface area contributed by atoms with Crippen LogP contribution in [-0.4, -0.2) is 63.0 Å². The largest absolute Gasteiger partial charge is 0.513 e. The van der Waals surface area contributed by atoms with Gasteiger partial charge in [-0.25, -0.2) is 14.4 Å². The molecule has 0 aromatic heterocycles. The van der Waals surface area contributed by atoms with Crippen LogP contribution in [0.4, 0.5) is 14.4 Å². The third-order valence-corrected chi connectivity index (χ3v) is 5.98. The van der Waals surface area contributed by atoms with Gasteiger partial charge in [0.05, 0.1) is 26.9 Å². The van der Waals surface area contributed by atoms with Crippen LogP contribution in [0.3, 0.4) is 0 Å². The molecule has 0 amide bonds. The van der Waals surface area contributed by atoms with E-state index in [4.69, 9.17) is 38.9 Å². The maximum absolute atomic E-state index is 12.6. The lowest BCUT2D eigenvalue weighted by Gasteiger charge is -2.26. The number of hydrogen-bond acceptors (Lipinski definition) is 12. The van der Waals surface area contributed by atoms with E-state index in [0.29, 0.717) is 36.7 Å². The second kappa shape index (κ2) is 18.0. The lowest BCUT2D eigenvalue weighted by Crippen LogP contribution is -2.51. The van der Waals surface area contributed by atoms with Crippen LogP contribution in [0.2, 0.25) is 0 Å². The average molecular weight is 584 g/mol. The minimum Gasteiger partial charge on any atom is -0.468 e. The zero-order chi connectivity index (χ0) is 31.0. The fourth-order valence-corrected chi connectivity index (χ4v) is 3.25. The molecule has 0 unspecified atom stereocenters. The molecule has 0 spiro atoms. The first-order chi connectivity index (χ1) is 19.3. The zero-order valence-corrected chi connectivity index (χ0v) is 25.2. The first-order valence-corrected chi connectivity index (χ1v) is 13.8. The molecule has 0 saturated carbocycles. The normalized spacial score (nSPS) is 13.1. The first kappa shape index (κ1) is 35.5. The van der Waals surface area contributed by atoms with Gasteiger partial charge in [-0.15, -0.1) is 0 Å². The fraction of sp³-hybridized carbons (Fsp3) is 0.655. The minimum absolute atomic E-state index is 0.0941. The maximum Gasteiger partial charge on any atom is 0.513 e. The van der Waals surface area contributed by atoms with E-state index in [9.17, 15) is 19.2 Å². The summed E-state index contributed by atoms with van der Waals surface area (Å²) in [5.41, 5.74) is 5.22. The zero-order valence-electron chi connectivity index (χ0n) is 25.2. The molecule has 0 aliphatic carbocycles. The van der Waals surface area contributed by atoms with E-state index in [1.807, 2.05) is 34.6 Å². The van der Waals surface area contributed by atoms with Gasteiger partial charge in [-0.2, -0.15) is 0 Å². The molecule has 232 valence electrons. The second-order valence-corrected chi connectivity index (χ2v) is 10.6. The van der Waals surface area contributed by atoms with Crippen molar-refractivity contribution in [3.05, 3.63) is 23.8 Å². The summed E-state index contributed by atoms with van der Waals surface area (Å²) in [4.78, 5) is 49.1. The van der Waals surface area contributed by atoms with E-state index >= 15 is 0 Å². The molecule has 41 heavy (non-hydrogen) atoms. The highest BCUT2D eigenvalue weighted by Crippen LogP contribution is 2.31. The molecular weight excluding hydrogens is 538 g/mol. The Kier molecular flexibility index (Phi) is 15.6. The Morgan fingerprint density at radius 3 is 1.85 bits per heavy atom. The molecule has 1 aromatic rings. The minimum atomic E-state index is -1.61. The molecule has 0 aliphatic heterocycles. The number of rotatable bonds is 16. The SMILES string of the molecule is CC[C@H](C)OC(=O)OCC[C@@](N)(Cc1ccc(OC(=O)OCCC(C)C)c(OC(=O)OCCC(C)C)c1)C(=O)OC. The molecule has 0 aliphatic rings.